The number of nitrogens with one attached hydrogen (secondary N) is 2. The Balaban J connectivity index is 2.26. The van der Waals surface area contributed by atoms with E-state index in [2.05, 4.69) is 10.3 Å². The van der Waals surface area contributed by atoms with Crippen molar-refractivity contribution < 1.29 is 14.7 Å². The lowest BCUT2D eigenvalue weighted by molar-refractivity contribution is 0.0698. The quantitative estimate of drug-likeness (QED) is 0.808. The maximum absolute atomic E-state index is 11.9. The van der Waals surface area contributed by atoms with Crippen molar-refractivity contribution in [1.82, 2.24) is 4.98 Å². The van der Waals surface area contributed by atoms with E-state index in [0.717, 1.165) is 4.88 Å². The number of aryl methyl sites for hydroxylation is 1. The summed E-state index contributed by atoms with van der Waals surface area (Å²) >= 11 is 12.6. The minimum Gasteiger partial charge on any atom is -0.478 e. The smallest absolute Gasteiger partial charge is 0.338 e. The van der Waals surface area contributed by atoms with Crippen LogP contribution in [0.5, 0.6) is 0 Å². The maximum atomic E-state index is 11.9. The number of halogens is 2. The van der Waals surface area contributed by atoms with Crippen molar-refractivity contribution in [3.8, 4) is 0 Å². The lowest BCUT2D eigenvalue weighted by Gasteiger charge is -2.02. The Morgan fingerprint density at radius 2 is 2.05 bits per heavy atom. The van der Waals surface area contributed by atoms with Crippen molar-refractivity contribution in [2.45, 2.75) is 6.92 Å². The van der Waals surface area contributed by atoms with Crippen molar-refractivity contribution in [3.05, 3.63) is 38.4 Å². The first-order valence-corrected chi connectivity index (χ1v) is 6.65. The third-order valence-corrected chi connectivity index (χ3v) is 3.94. The fourth-order valence-corrected chi connectivity index (χ4v) is 2.67. The second-order valence-electron chi connectivity index (χ2n) is 3.70. The van der Waals surface area contributed by atoms with Crippen LogP contribution < -0.4 is 5.32 Å². The number of hydrogen-bond donors (Lipinski definition) is 3. The lowest BCUT2D eigenvalue weighted by Crippen LogP contribution is -2.13. The molecule has 0 bridgehead atoms. The minimum absolute atomic E-state index is 0.0552. The first-order valence-electron chi connectivity index (χ1n) is 5.07. The number of H-pyrrole nitrogens is 1. The second kappa shape index (κ2) is 5.24. The Labute approximate surface area is 122 Å². The van der Waals surface area contributed by atoms with Gasteiger partial charge in [-0.3, -0.25) is 4.79 Å². The number of rotatable bonds is 3. The van der Waals surface area contributed by atoms with Gasteiger partial charge in [-0.15, -0.1) is 11.3 Å². The number of anilines is 1. The zero-order chi connectivity index (χ0) is 14.2. The van der Waals surface area contributed by atoms with Gasteiger partial charge in [0.2, 0.25) is 0 Å². The topological polar surface area (TPSA) is 82.2 Å². The maximum Gasteiger partial charge on any atom is 0.338 e. The summed E-state index contributed by atoms with van der Waals surface area (Å²) in [5.41, 5.74) is 0.219. The van der Waals surface area contributed by atoms with Gasteiger partial charge in [0.25, 0.3) is 5.91 Å². The summed E-state index contributed by atoms with van der Waals surface area (Å²) in [7, 11) is 0. The highest BCUT2D eigenvalue weighted by Crippen LogP contribution is 2.29. The number of thiophene rings is 1. The van der Waals surface area contributed by atoms with Crippen LogP contribution in [0.1, 0.15) is 25.7 Å². The summed E-state index contributed by atoms with van der Waals surface area (Å²) in [6.07, 6.45) is 0. The van der Waals surface area contributed by atoms with E-state index in [9.17, 15) is 9.59 Å². The first kappa shape index (κ1) is 13.9. The Morgan fingerprint density at radius 1 is 1.37 bits per heavy atom. The van der Waals surface area contributed by atoms with E-state index in [0.29, 0.717) is 0 Å². The fraction of sp³-hybridized carbons (Fsp3) is 0.0909. The molecule has 1 amide bonds. The van der Waals surface area contributed by atoms with Gasteiger partial charge in [-0.25, -0.2) is 4.79 Å². The second-order valence-corrected chi connectivity index (χ2v) is 5.75. The molecule has 0 unspecified atom stereocenters. The molecule has 0 aromatic carbocycles. The highest BCUT2D eigenvalue weighted by molar-refractivity contribution is 7.16. The van der Waals surface area contributed by atoms with Crippen molar-refractivity contribution in [1.29, 1.82) is 0 Å². The van der Waals surface area contributed by atoms with Crippen molar-refractivity contribution in [3.63, 3.8) is 0 Å². The minimum atomic E-state index is -1.10. The largest absolute Gasteiger partial charge is 0.478 e. The standard InChI is InChI=1S/C11H8Cl2N2O3S/c1-4-2-5(11(17)18)10(19-4)15-9(16)7-3-6(12)8(13)14-7/h2-3,14H,1H3,(H,15,16)(H,17,18). The van der Waals surface area contributed by atoms with Crippen LogP contribution in [0, 0.1) is 6.92 Å². The number of carboxylic acid groups (broad SMARTS) is 1. The number of carbonyl (C=O) groups excluding carboxylic acids is 1. The normalized spacial score (nSPS) is 10.5. The van der Waals surface area contributed by atoms with Crippen molar-refractivity contribution in [2.75, 3.05) is 5.32 Å². The molecule has 0 aliphatic carbocycles. The summed E-state index contributed by atoms with van der Waals surface area (Å²) in [6.45, 7) is 1.76. The van der Waals surface area contributed by atoms with Crippen molar-refractivity contribution >= 4 is 51.4 Å². The van der Waals surface area contributed by atoms with Crippen LogP contribution in [-0.4, -0.2) is 22.0 Å². The molecule has 2 aromatic heterocycles. The van der Waals surface area contributed by atoms with Gasteiger partial charge < -0.3 is 15.4 Å². The van der Waals surface area contributed by atoms with Gasteiger partial charge in [-0.2, -0.15) is 0 Å². The van der Waals surface area contributed by atoms with E-state index in [1.165, 1.54) is 23.5 Å². The highest BCUT2D eigenvalue weighted by atomic mass is 35.5. The van der Waals surface area contributed by atoms with Crippen LogP contribution in [0.4, 0.5) is 5.00 Å². The summed E-state index contributed by atoms with van der Waals surface area (Å²) < 4.78 is 0. The number of amides is 1. The van der Waals surface area contributed by atoms with Gasteiger partial charge in [0.15, 0.2) is 0 Å². The highest BCUT2D eigenvalue weighted by Gasteiger charge is 2.18. The number of aromatic amines is 1. The molecule has 3 N–H and O–H groups in total. The van der Waals surface area contributed by atoms with Gasteiger partial charge in [0, 0.05) is 4.88 Å². The predicted octanol–water partition coefficient (Wildman–Crippen LogP) is 3.64. The predicted molar refractivity (Wildman–Crippen MR) is 74.8 cm³/mol. The van der Waals surface area contributed by atoms with Gasteiger partial charge in [0.05, 0.1) is 10.6 Å². The van der Waals surface area contributed by atoms with Gasteiger partial charge in [-0.05, 0) is 19.1 Å². The van der Waals surface area contributed by atoms with Crippen LogP contribution in [0.3, 0.4) is 0 Å². The molecule has 0 aliphatic heterocycles. The van der Waals surface area contributed by atoms with E-state index < -0.39 is 11.9 Å². The van der Waals surface area contributed by atoms with E-state index in [4.69, 9.17) is 28.3 Å². The third kappa shape index (κ3) is 2.91. The molecular weight excluding hydrogens is 311 g/mol. The summed E-state index contributed by atoms with van der Waals surface area (Å²) in [6, 6.07) is 2.87. The Morgan fingerprint density at radius 3 is 2.58 bits per heavy atom. The summed E-state index contributed by atoms with van der Waals surface area (Å²) in [5.74, 6) is -1.60. The van der Waals surface area contributed by atoms with Crippen molar-refractivity contribution in [2.24, 2.45) is 0 Å². The van der Waals surface area contributed by atoms with E-state index in [1.54, 1.807) is 6.92 Å². The summed E-state index contributed by atoms with van der Waals surface area (Å²) in [4.78, 5) is 26.3. The molecule has 2 heterocycles. The number of aromatic carboxylic acids is 1. The molecule has 0 radical (unpaired) electrons. The number of carboxylic acids is 1. The Kier molecular flexibility index (Phi) is 3.84. The molecule has 0 fully saturated rings. The average molecular weight is 319 g/mol. The van der Waals surface area contributed by atoms with E-state index in [1.807, 2.05) is 0 Å². The molecular formula is C11H8Cl2N2O3S. The monoisotopic (exact) mass is 318 g/mol. The number of hydrogen-bond acceptors (Lipinski definition) is 3. The molecule has 0 spiro atoms. The molecule has 0 saturated carbocycles. The molecule has 100 valence electrons. The molecule has 0 atom stereocenters. The Bertz CT molecular complexity index is 643. The molecule has 19 heavy (non-hydrogen) atoms. The fourth-order valence-electron chi connectivity index (χ4n) is 1.46. The van der Waals surface area contributed by atoms with Crippen LogP contribution in [-0.2, 0) is 0 Å². The van der Waals surface area contributed by atoms with E-state index >= 15 is 0 Å². The molecule has 2 rings (SSSR count). The third-order valence-electron chi connectivity index (χ3n) is 2.28. The lowest BCUT2D eigenvalue weighted by atomic mass is 10.3. The molecule has 8 heteroatoms. The van der Waals surface area contributed by atoms with Crippen LogP contribution in [0.25, 0.3) is 0 Å². The van der Waals surface area contributed by atoms with E-state index in [-0.39, 0.29) is 26.4 Å². The average Bonchev–Trinajstić information content (AvgIpc) is 2.83. The molecule has 5 nitrogen and oxygen atoms in total. The molecule has 2 aromatic rings. The SMILES string of the molecule is Cc1cc(C(=O)O)c(NC(=O)c2cc(Cl)c(Cl)[nH]2)s1. The molecule has 0 aliphatic rings. The van der Waals surface area contributed by atoms with Crippen LogP contribution >= 0.6 is 34.5 Å². The molecule has 0 saturated heterocycles. The van der Waals surface area contributed by atoms with Gasteiger partial charge in [-0.1, -0.05) is 23.2 Å². The number of aromatic nitrogens is 1. The summed E-state index contributed by atoms with van der Waals surface area (Å²) in [5, 5.41) is 12.2. The Hall–Kier alpha value is -1.50. The van der Waals surface area contributed by atoms with Gasteiger partial charge in [0.1, 0.15) is 15.8 Å². The van der Waals surface area contributed by atoms with Crippen LogP contribution in [0.15, 0.2) is 12.1 Å². The van der Waals surface area contributed by atoms with Crippen LogP contribution in [0.2, 0.25) is 10.2 Å². The number of carbonyl (C=O) groups is 2. The zero-order valence-electron chi connectivity index (χ0n) is 9.58. The first-order chi connectivity index (χ1) is 8.88. The van der Waals surface area contributed by atoms with Gasteiger partial charge >= 0.3 is 5.97 Å². The zero-order valence-corrected chi connectivity index (χ0v) is 11.9.